The fraction of sp³-hybridized carbons (Fsp3) is 1.00. The highest BCUT2D eigenvalue weighted by Crippen LogP contribution is 1.96. The Morgan fingerprint density at radius 3 is 1.60 bits per heavy atom. The van der Waals surface area contributed by atoms with Crippen molar-refractivity contribution in [2.75, 3.05) is 45.5 Å². The minimum atomic E-state index is -0.221. The summed E-state index contributed by atoms with van der Waals surface area (Å²) >= 11 is 5.48. The minimum Gasteiger partial charge on any atom is -0.377 e. The van der Waals surface area contributed by atoms with Gasteiger partial charge in [0.1, 0.15) is 0 Å². The molecule has 0 aromatic heterocycles. The summed E-state index contributed by atoms with van der Waals surface area (Å²) in [5, 5.41) is 0. The Morgan fingerprint density at radius 2 is 1.40 bits per heavy atom. The predicted molar refractivity (Wildman–Crippen MR) is 59.4 cm³/mol. The second-order valence-corrected chi connectivity index (χ2v) is 3.03. The Hall–Kier alpha value is 0.130. The van der Waals surface area contributed by atoms with Crippen LogP contribution in [0.1, 0.15) is 13.8 Å². The van der Waals surface area contributed by atoms with E-state index in [1.165, 1.54) is 0 Å². The van der Waals surface area contributed by atoms with Gasteiger partial charge in [-0.1, -0.05) is 0 Å². The van der Waals surface area contributed by atoms with Crippen molar-refractivity contribution >= 4 is 11.6 Å². The number of ether oxygens (including phenoxy) is 4. The number of alkyl halides is 1. The van der Waals surface area contributed by atoms with Gasteiger partial charge in [-0.3, -0.25) is 0 Å². The molecule has 0 aliphatic carbocycles. The van der Waals surface area contributed by atoms with Crippen LogP contribution >= 0.6 is 11.6 Å². The monoisotopic (exact) mass is 240 g/mol. The highest BCUT2D eigenvalue weighted by atomic mass is 35.5. The van der Waals surface area contributed by atoms with Gasteiger partial charge in [0, 0.05) is 13.2 Å². The van der Waals surface area contributed by atoms with Crippen molar-refractivity contribution in [3.05, 3.63) is 0 Å². The first kappa shape index (κ1) is 15.1. The van der Waals surface area contributed by atoms with Crippen LogP contribution in [0.5, 0.6) is 0 Å². The lowest BCUT2D eigenvalue weighted by molar-refractivity contribution is -0.120. The maximum absolute atomic E-state index is 5.48. The summed E-state index contributed by atoms with van der Waals surface area (Å²) < 4.78 is 20.0. The molecule has 0 unspecified atom stereocenters. The third kappa shape index (κ3) is 10.4. The topological polar surface area (TPSA) is 36.9 Å². The van der Waals surface area contributed by atoms with Crippen LogP contribution in [-0.2, 0) is 18.9 Å². The standard InChI is InChI=1S/C6H13ClO2.C4H8O2/c1-3-8-6(5-7)9-4-2;1-2-6-4-3-5-1/h6H,3-5H2,1-2H3;1-4H2. The molecule has 1 fully saturated rings. The largest absolute Gasteiger partial charge is 0.377 e. The molecule has 0 N–H and O–H groups in total. The van der Waals surface area contributed by atoms with Gasteiger partial charge in [-0.15, -0.1) is 11.6 Å². The fourth-order valence-electron chi connectivity index (χ4n) is 0.949. The van der Waals surface area contributed by atoms with Gasteiger partial charge in [-0.05, 0) is 13.8 Å². The van der Waals surface area contributed by atoms with E-state index in [9.17, 15) is 0 Å². The SMILES string of the molecule is C1COCCO1.CCOC(CCl)OCC. The lowest BCUT2D eigenvalue weighted by Gasteiger charge is -2.12. The van der Waals surface area contributed by atoms with Gasteiger partial charge in [0.05, 0.1) is 32.3 Å². The highest BCUT2D eigenvalue weighted by Gasteiger charge is 2.03. The Bertz CT molecular complexity index is 102. The molecular weight excluding hydrogens is 220 g/mol. The molecule has 4 nitrogen and oxygen atoms in total. The lowest BCUT2D eigenvalue weighted by Crippen LogP contribution is -2.18. The summed E-state index contributed by atoms with van der Waals surface area (Å²) in [7, 11) is 0. The number of rotatable bonds is 5. The van der Waals surface area contributed by atoms with E-state index in [4.69, 9.17) is 30.5 Å². The number of halogens is 1. The van der Waals surface area contributed by atoms with Gasteiger partial charge in [-0.2, -0.15) is 0 Å². The average molecular weight is 241 g/mol. The Kier molecular flexibility index (Phi) is 12.3. The van der Waals surface area contributed by atoms with Crippen molar-refractivity contribution in [2.24, 2.45) is 0 Å². The molecule has 15 heavy (non-hydrogen) atoms. The second kappa shape index (κ2) is 12.2. The molecule has 0 amide bonds. The van der Waals surface area contributed by atoms with Gasteiger partial charge in [0.15, 0.2) is 6.29 Å². The van der Waals surface area contributed by atoms with Crippen LogP contribution in [-0.4, -0.2) is 51.8 Å². The van der Waals surface area contributed by atoms with Gasteiger partial charge in [0.25, 0.3) is 0 Å². The molecule has 1 aliphatic heterocycles. The van der Waals surface area contributed by atoms with Crippen molar-refractivity contribution in [1.82, 2.24) is 0 Å². The molecule has 0 bridgehead atoms. The smallest absolute Gasteiger partial charge is 0.170 e. The predicted octanol–water partition coefficient (Wildman–Crippen LogP) is 1.66. The number of hydrogen-bond acceptors (Lipinski definition) is 4. The van der Waals surface area contributed by atoms with Crippen LogP contribution in [0.25, 0.3) is 0 Å². The zero-order chi connectivity index (χ0) is 11.4. The molecule has 0 spiro atoms. The molecule has 0 saturated carbocycles. The molecule has 1 heterocycles. The van der Waals surface area contributed by atoms with Gasteiger partial charge in [-0.25, -0.2) is 0 Å². The third-order valence-corrected chi connectivity index (χ3v) is 1.83. The second-order valence-electron chi connectivity index (χ2n) is 2.72. The molecule has 0 radical (unpaired) electrons. The summed E-state index contributed by atoms with van der Waals surface area (Å²) in [6.45, 7) is 8.24. The molecular formula is C10H21ClO4. The Balaban J connectivity index is 0.000000280. The molecule has 0 atom stereocenters. The number of hydrogen-bond donors (Lipinski definition) is 0. The van der Waals surface area contributed by atoms with E-state index in [2.05, 4.69) is 0 Å². The highest BCUT2D eigenvalue weighted by molar-refractivity contribution is 6.18. The summed E-state index contributed by atoms with van der Waals surface area (Å²) in [6, 6.07) is 0. The van der Waals surface area contributed by atoms with E-state index in [0.717, 1.165) is 26.4 Å². The van der Waals surface area contributed by atoms with Crippen LogP contribution < -0.4 is 0 Å². The maximum Gasteiger partial charge on any atom is 0.170 e. The summed E-state index contributed by atoms with van der Waals surface area (Å²) in [4.78, 5) is 0. The third-order valence-electron chi connectivity index (χ3n) is 1.58. The molecule has 0 aromatic rings. The van der Waals surface area contributed by atoms with Crippen molar-refractivity contribution in [3.8, 4) is 0 Å². The van der Waals surface area contributed by atoms with Crippen LogP contribution in [0.4, 0.5) is 0 Å². The first-order valence-corrected chi connectivity index (χ1v) is 5.83. The van der Waals surface area contributed by atoms with Crippen molar-refractivity contribution < 1.29 is 18.9 Å². The lowest BCUT2D eigenvalue weighted by atomic mass is 10.6. The van der Waals surface area contributed by atoms with Crippen molar-refractivity contribution in [3.63, 3.8) is 0 Å². The van der Waals surface area contributed by atoms with Crippen molar-refractivity contribution in [1.29, 1.82) is 0 Å². The molecule has 1 saturated heterocycles. The molecule has 1 rings (SSSR count). The minimum absolute atomic E-state index is 0.221. The first-order valence-electron chi connectivity index (χ1n) is 5.29. The summed E-state index contributed by atoms with van der Waals surface area (Å²) in [5.41, 5.74) is 0. The summed E-state index contributed by atoms with van der Waals surface area (Å²) in [6.07, 6.45) is -0.221. The van der Waals surface area contributed by atoms with Crippen LogP contribution in [0.3, 0.4) is 0 Å². The van der Waals surface area contributed by atoms with E-state index < -0.39 is 0 Å². The van der Waals surface area contributed by atoms with E-state index in [1.807, 2.05) is 13.8 Å². The van der Waals surface area contributed by atoms with Crippen LogP contribution in [0.2, 0.25) is 0 Å². The quantitative estimate of drug-likeness (QED) is 0.541. The summed E-state index contributed by atoms with van der Waals surface area (Å²) in [5.74, 6) is 0.404. The van der Waals surface area contributed by atoms with Gasteiger partial charge < -0.3 is 18.9 Å². The van der Waals surface area contributed by atoms with E-state index in [-0.39, 0.29) is 6.29 Å². The fourth-order valence-corrected chi connectivity index (χ4v) is 1.13. The molecule has 1 aliphatic rings. The molecule has 0 aromatic carbocycles. The van der Waals surface area contributed by atoms with E-state index in [1.54, 1.807) is 0 Å². The molecule has 92 valence electrons. The Labute approximate surface area is 96.8 Å². The first-order chi connectivity index (χ1) is 7.35. The Morgan fingerprint density at radius 1 is 1.00 bits per heavy atom. The van der Waals surface area contributed by atoms with Crippen molar-refractivity contribution in [2.45, 2.75) is 20.1 Å². The van der Waals surface area contributed by atoms with Gasteiger partial charge in [0.2, 0.25) is 0 Å². The van der Waals surface area contributed by atoms with Crippen LogP contribution in [0.15, 0.2) is 0 Å². The zero-order valence-electron chi connectivity index (χ0n) is 9.54. The van der Waals surface area contributed by atoms with Gasteiger partial charge >= 0.3 is 0 Å². The van der Waals surface area contributed by atoms with Crippen LogP contribution in [0, 0.1) is 0 Å². The molecule has 5 heteroatoms. The normalized spacial score (nSPS) is 16.0. The van der Waals surface area contributed by atoms with E-state index in [0.29, 0.717) is 19.1 Å². The average Bonchev–Trinajstić information content (AvgIpc) is 2.32. The van der Waals surface area contributed by atoms with E-state index >= 15 is 0 Å². The maximum atomic E-state index is 5.48. The zero-order valence-corrected chi connectivity index (χ0v) is 10.3.